The van der Waals surface area contributed by atoms with Crippen molar-refractivity contribution in [1.29, 1.82) is 0 Å². The summed E-state index contributed by atoms with van der Waals surface area (Å²) >= 11 is 5.95. The summed E-state index contributed by atoms with van der Waals surface area (Å²) in [6, 6.07) is 5.61. The number of carbonyl (C=O) groups excluding carboxylic acids is 1. The second-order valence-electron chi connectivity index (χ2n) is 3.80. The van der Waals surface area contributed by atoms with Crippen LogP contribution in [-0.4, -0.2) is 27.4 Å². The fourth-order valence-electron chi connectivity index (χ4n) is 1.55. The van der Waals surface area contributed by atoms with Crippen molar-refractivity contribution >= 4 is 23.0 Å². The molecule has 0 radical (unpaired) electrons. The van der Waals surface area contributed by atoms with Crippen LogP contribution in [0.1, 0.15) is 23.7 Å². The van der Waals surface area contributed by atoms with Crippen LogP contribution in [0, 0.1) is 0 Å². The summed E-state index contributed by atoms with van der Waals surface area (Å²) in [5, 5.41) is 6.89. The minimum absolute atomic E-state index is 0.0270. The van der Waals surface area contributed by atoms with Crippen LogP contribution >= 0.6 is 11.6 Å². The normalized spacial score (nSPS) is 12.6. The number of amides is 1. The lowest BCUT2D eigenvalue weighted by molar-refractivity contribution is 0.0955. The zero-order valence-electron chi connectivity index (χ0n) is 9.56. The van der Waals surface area contributed by atoms with Gasteiger partial charge in [-0.05, 0) is 18.6 Å². The molecule has 2 rings (SSSR count). The van der Waals surface area contributed by atoms with Crippen molar-refractivity contribution in [2.75, 3.05) is 6.54 Å². The molecule has 0 aromatic carbocycles. The Labute approximate surface area is 105 Å². The van der Waals surface area contributed by atoms with E-state index in [9.17, 15) is 4.79 Å². The van der Waals surface area contributed by atoms with Crippen molar-refractivity contribution < 1.29 is 4.79 Å². The first-order valence-electron chi connectivity index (χ1n) is 5.57. The van der Waals surface area contributed by atoms with Crippen LogP contribution in [0.5, 0.6) is 0 Å². The van der Waals surface area contributed by atoms with Gasteiger partial charge in [0.1, 0.15) is 0 Å². The number of hydrogen-bond acceptors (Lipinski definition) is 2. The Kier molecular flexibility index (Phi) is 3.64. The molecule has 0 saturated heterocycles. The number of rotatable bonds is 4. The highest BCUT2D eigenvalue weighted by Gasteiger charge is 2.12. The van der Waals surface area contributed by atoms with Gasteiger partial charge in [-0.1, -0.05) is 13.0 Å². The Hall–Kier alpha value is -1.55. The largest absolute Gasteiger partial charge is 0.350 e. The molecule has 4 nitrogen and oxygen atoms in total. The average molecular weight is 252 g/mol. The van der Waals surface area contributed by atoms with Gasteiger partial charge in [0.15, 0.2) is 0 Å². The summed E-state index contributed by atoms with van der Waals surface area (Å²) in [7, 11) is 0. The molecule has 0 aliphatic heterocycles. The fourth-order valence-corrected chi connectivity index (χ4v) is 1.63. The van der Waals surface area contributed by atoms with E-state index in [1.54, 1.807) is 10.7 Å². The molecular weight excluding hydrogens is 238 g/mol. The quantitative estimate of drug-likeness (QED) is 0.846. The molecule has 1 amide bonds. The Morgan fingerprint density at radius 3 is 3.18 bits per heavy atom. The molecule has 0 aliphatic rings. The summed E-state index contributed by atoms with van der Waals surface area (Å²) in [5.74, 6) is -0.134. The van der Waals surface area contributed by atoms with Crippen LogP contribution < -0.4 is 5.32 Å². The van der Waals surface area contributed by atoms with Gasteiger partial charge in [0.2, 0.25) is 0 Å². The molecule has 5 heteroatoms. The van der Waals surface area contributed by atoms with E-state index in [2.05, 4.69) is 10.4 Å². The standard InChI is InChI=1S/C12H14ClN3O/c1-2-9(13)7-14-12(17)10-8-15-16-6-4-3-5-11(10)16/h3-6,8-9H,2,7H2,1H3,(H,14,17). The number of fused-ring (bicyclic) bond motifs is 1. The number of halogens is 1. The second-order valence-corrected chi connectivity index (χ2v) is 4.42. The van der Waals surface area contributed by atoms with Crippen LogP contribution in [-0.2, 0) is 0 Å². The minimum atomic E-state index is -0.134. The Morgan fingerprint density at radius 1 is 1.59 bits per heavy atom. The molecular formula is C12H14ClN3O. The highest BCUT2D eigenvalue weighted by molar-refractivity contribution is 6.20. The third kappa shape index (κ3) is 2.58. The fraction of sp³-hybridized carbons (Fsp3) is 0.333. The number of hydrogen-bond donors (Lipinski definition) is 1. The van der Waals surface area contributed by atoms with Gasteiger partial charge in [0, 0.05) is 12.7 Å². The SMILES string of the molecule is CCC(Cl)CNC(=O)c1cnn2ccccc12. The number of aromatic nitrogens is 2. The Bertz CT molecular complexity index is 523. The molecule has 0 fully saturated rings. The van der Waals surface area contributed by atoms with E-state index in [-0.39, 0.29) is 11.3 Å². The van der Waals surface area contributed by atoms with Gasteiger partial charge in [-0.3, -0.25) is 4.79 Å². The molecule has 0 bridgehead atoms. The average Bonchev–Trinajstić information content (AvgIpc) is 2.79. The van der Waals surface area contributed by atoms with E-state index in [4.69, 9.17) is 11.6 Å². The smallest absolute Gasteiger partial charge is 0.255 e. The van der Waals surface area contributed by atoms with Gasteiger partial charge in [0.25, 0.3) is 5.91 Å². The molecule has 17 heavy (non-hydrogen) atoms. The number of carbonyl (C=O) groups is 1. The van der Waals surface area contributed by atoms with Crippen LogP contribution in [0.15, 0.2) is 30.6 Å². The maximum absolute atomic E-state index is 11.9. The highest BCUT2D eigenvalue weighted by atomic mass is 35.5. The lowest BCUT2D eigenvalue weighted by Crippen LogP contribution is -2.29. The molecule has 2 aromatic rings. The van der Waals surface area contributed by atoms with Gasteiger partial charge < -0.3 is 5.32 Å². The third-order valence-corrected chi connectivity index (χ3v) is 3.06. The number of pyridine rings is 1. The first-order chi connectivity index (χ1) is 8.22. The lowest BCUT2D eigenvalue weighted by Gasteiger charge is -2.07. The summed E-state index contributed by atoms with van der Waals surface area (Å²) in [6.07, 6.45) is 4.21. The number of nitrogens with zero attached hydrogens (tertiary/aromatic N) is 2. The van der Waals surface area contributed by atoms with Gasteiger partial charge in [0.05, 0.1) is 22.7 Å². The van der Waals surface area contributed by atoms with E-state index in [1.807, 2.05) is 31.3 Å². The van der Waals surface area contributed by atoms with Crippen LogP contribution in [0.3, 0.4) is 0 Å². The number of nitrogens with one attached hydrogen (secondary N) is 1. The molecule has 2 heterocycles. The molecule has 1 N–H and O–H groups in total. The second kappa shape index (κ2) is 5.19. The predicted molar refractivity (Wildman–Crippen MR) is 67.5 cm³/mol. The molecule has 1 unspecified atom stereocenters. The lowest BCUT2D eigenvalue weighted by atomic mass is 10.2. The first kappa shape index (κ1) is 11.9. The molecule has 90 valence electrons. The summed E-state index contributed by atoms with van der Waals surface area (Å²) < 4.78 is 1.67. The van der Waals surface area contributed by atoms with Crippen molar-refractivity contribution in [3.05, 3.63) is 36.2 Å². The zero-order valence-corrected chi connectivity index (χ0v) is 10.3. The topological polar surface area (TPSA) is 46.4 Å². The zero-order chi connectivity index (χ0) is 12.3. The van der Waals surface area contributed by atoms with E-state index in [1.165, 1.54) is 0 Å². The number of alkyl halides is 1. The van der Waals surface area contributed by atoms with Crippen molar-refractivity contribution in [3.8, 4) is 0 Å². The van der Waals surface area contributed by atoms with E-state index in [0.29, 0.717) is 12.1 Å². The maximum Gasteiger partial charge on any atom is 0.255 e. The summed E-state index contributed by atoms with van der Waals surface area (Å²) in [6.45, 7) is 2.46. The van der Waals surface area contributed by atoms with Crippen LogP contribution in [0.2, 0.25) is 0 Å². The monoisotopic (exact) mass is 251 g/mol. The minimum Gasteiger partial charge on any atom is -0.350 e. The van der Waals surface area contributed by atoms with Crippen LogP contribution in [0.4, 0.5) is 0 Å². The first-order valence-corrected chi connectivity index (χ1v) is 6.00. The summed E-state index contributed by atoms with van der Waals surface area (Å²) in [4.78, 5) is 11.9. The van der Waals surface area contributed by atoms with E-state index >= 15 is 0 Å². The third-order valence-electron chi connectivity index (χ3n) is 2.60. The molecule has 1 atom stereocenters. The van der Waals surface area contributed by atoms with Gasteiger partial charge in [-0.25, -0.2) is 4.52 Å². The predicted octanol–water partition coefficient (Wildman–Crippen LogP) is 2.08. The van der Waals surface area contributed by atoms with Crippen LogP contribution in [0.25, 0.3) is 5.52 Å². The summed E-state index contributed by atoms with van der Waals surface area (Å²) in [5.41, 5.74) is 1.37. The maximum atomic E-state index is 11.9. The van der Waals surface area contributed by atoms with Gasteiger partial charge in [-0.15, -0.1) is 11.6 Å². The van der Waals surface area contributed by atoms with Gasteiger partial charge >= 0.3 is 0 Å². The van der Waals surface area contributed by atoms with Crippen molar-refractivity contribution in [1.82, 2.24) is 14.9 Å². The van der Waals surface area contributed by atoms with Crippen molar-refractivity contribution in [2.45, 2.75) is 18.7 Å². The molecule has 0 aliphatic carbocycles. The molecule has 0 spiro atoms. The van der Waals surface area contributed by atoms with E-state index < -0.39 is 0 Å². The van der Waals surface area contributed by atoms with Crippen molar-refractivity contribution in [3.63, 3.8) is 0 Å². The Morgan fingerprint density at radius 2 is 2.41 bits per heavy atom. The van der Waals surface area contributed by atoms with Gasteiger partial charge in [-0.2, -0.15) is 5.10 Å². The van der Waals surface area contributed by atoms with E-state index in [0.717, 1.165) is 11.9 Å². The molecule has 2 aromatic heterocycles. The Balaban J connectivity index is 2.14. The van der Waals surface area contributed by atoms with Crippen molar-refractivity contribution in [2.24, 2.45) is 0 Å². The highest BCUT2D eigenvalue weighted by Crippen LogP contribution is 2.09. The molecule has 0 saturated carbocycles.